The van der Waals surface area contributed by atoms with E-state index in [0.29, 0.717) is 31.7 Å². The minimum absolute atomic E-state index is 0.0867. The number of amides is 1. The van der Waals surface area contributed by atoms with E-state index < -0.39 is 10.0 Å². The van der Waals surface area contributed by atoms with Crippen LogP contribution in [-0.4, -0.2) is 55.2 Å². The molecule has 0 aliphatic carbocycles. The molecule has 9 heteroatoms. The number of benzene rings is 2. The van der Waals surface area contributed by atoms with Crippen molar-refractivity contribution in [2.24, 2.45) is 5.92 Å². The summed E-state index contributed by atoms with van der Waals surface area (Å²) in [5.74, 6) is 0.165. The number of nitrogens with one attached hydrogen (secondary N) is 1. The third-order valence-corrected chi connectivity index (χ3v) is 8.27. The lowest BCUT2D eigenvalue weighted by molar-refractivity contribution is -0.126. The van der Waals surface area contributed by atoms with Crippen LogP contribution in [-0.2, 0) is 21.2 Å². The van der Waals surface area contributed by atoms with Gasteiger partial charge in [0.15, 0.2) is 0 Å². The van der Waals surface area contributed by atoms with E-state index >= 15 is 0 Å². The fourth-order valence-electron chi connectivity index (χ4n) is 4.36. The van der Waals surface area contributed by atoms with Crippen LogP contribution in [0.2, 0.25) is 0 Å². The smallest absolute Gasteiger partial charge is 0.243 e. The predicted molar refractivity (Wildman–Crippen MR) is 134 cm³/mol. The molecule has 1 unspecified atom stereocenters. The first-order valence-electron chi connectivity index (χ1n) is 11.9. The van der Waals surface area contributed by atoms with Crippen molar-refractivity contribution < 1.29 is 17.9 Å². The van der Waals surface area contributed by atoms with Gasteiger partial charge in [-0.05, 0) is 74.6 Å². The molecule has 0 bridgehead atoms. The Balaban J connectivity index is 1.28. The van der Waals surface area contributed by atoms with Gasteiger partial charge in [-0.25, -0.2) is 13.1 Å². The molecular weight excluding hydrogens is 464 g/mol. The molecule has 3 aromatic rings. The lowest BCUT2D eigenvalue weighted by atomic mass is 9.99. The minimum atomic E-state index is -3.65. The monoisotopic (exact) mass is 496 g/mol. The van der Waals surface area contributed by atoms with Gasteiger partial charge in [0, 0.05) is 25.8 Å². The van der Waals surface area contributed by atoms with E-state index in [2.05, 4.69) is 10.4 Å². The largest absolute Gasteiger partial charge is 0.497 e. The second kappa shape index (κ2) is 11.0. The molecule has 2 aromatic carbocycles. The molecule has 2 heterocycles. The summed E-state index contributed by atoms with van der Waals surface area (Å²) in [6, 6.07) is 16.3. The average Bonchev–Trinajstić information content (AvgIpc) is 3.27. The van der Waals surface area contributed by atoms with Gasteiger partial charge in [-0.1, -0.05) is 18.2 Å². The van der Waals surface area contributed by atoms with Crippen LogP contribution in [0, 0.1) is 12.8 Å². The van der Waals surface area contributed by atoms with Crippen LogP contribution in [0.5, 0.6) is 5.75 Å². The number of ether oxygens (including phenoxy) is 1. The minimum Gasteiger partial charge on any atom is -0.497 e. The molecule has 4 rings (SSSR count). The maximum atomic E-state index is 13.1. The molecule has 1 aliphatic heterocycles. The average molecular weight is 497 g/mol. The number of aryl methyl sites for hydroxylation is 2. The molecule has 1 N–H and O–H groups in total. The van der Waals surface area contributed by atoms with Crippen LogP contribution < -0.4 is 10.1 Å². The lowest BCUT2D eigenvalue weighted by Crippen LogP contribution is -2.45. The van der Waals surface area contributed by atoms with Crippen molar-refractivity contribution in [3.8, 4) is 11.4 Å². The van der Waals surface area contributed by atoms with Gasteiger partial charge in [-0.3, -0.25) is 4.79 Å². The van der Waals surface area contributed by atoms with Crippen molar-refractivity contribution >= 4 is 15.9 Å². The van der Waals surface area contributed by atoms with Crippen molar-refractivity contribution in [2.45, 2.75) is 37.5 Å². The highest BCUT2D eigenvalue weighted by Gasteiger charge is 2.33. The standard InChI is InChI=1S/C26H32N4O4S/c1-20-21(19-30(28-20)23-10-4-3-5-11-23)8-6-16-27-26(31)22-9-7-17-29(18-22)35(32,33)25-14-12-24(34-2)13-15-25/h3-5,10-15,19,22H,6-9,16-18H2,1-2H3,(H,27,31). The number of nitrogens with zero attached hydrogens (tertiary/aromatic N) is 3. The summed E-state index contributed by atoms with van der Waals surface area (Å²) in [5.41, 5.74) is 3.14. The quantitative estimate of drug-likeness (QED) is 0.459. The molecule has 1 amide bonds. The Kier molecular flexibility index (Phi) is 7.87. The van der Waals surface area contributed by atoms with Crippen LogP contribution >= 0.6 is 0 Å². The van der Waals surface area contributed by atoms with Gasteiger partial charge in [0.25, 0.3) is 0 Å². The van der Waals surface area contributed by atoms with Gasteiger partial charge in [-0.2, -0.15) is 9.40 Å². The highest BCUT2D eigenvalue weighted by molar-refractivity contribution is 7.89. The number of sulfonamides is 1. The van der Waals surface area contributed by atoms with Crippen molar-refractivity contribution in [1.29, 1.82) is 0 Å². The SMILES string of the molecule is COc1ccc(S(=O)(=O)N2CCCC(C(=O)NCCCc3cn(-c4ccccc4)nc3C)C2)cc1. The molecule has 1 atom stereocenters. The number of hydrogen-bond donors (Lipinski definition) is 1. The number of hydrogen-bond acceptors (Lipinski definition) is 5. The molecule has 0 radical (unpaired) electrons. The molecule has 1 fully saturated rings. The van der Waals surface area contributed by atoms with E-state index in [0.717, 1.165) is 29.8 Å². The molecule has 1 saturated heterocycles. The van der Waals surface area contributed by atoms with E-state index in [1.807, 2.05) is 48.1 Å². The van der Waals surface area contributed by atoms with Gasteiger partial charge in [0.2, 0.25) is 15.9 Å². The molecule has 1 aromatic heterocycles. The molecule has 0 saturated carbocycles. The van der Waals surface area contributed by atoms with Crippen LogP contribution in [0.15, 0.2) is 65.7 Å². The summed E-state index contributed by atoms with van der Waals surface area (Å²) in [6.45, 7) is 3.15. The van der Waals surface area contributed by atoms with Crippen molar-refractivity contribution in [1.82, 2.24) is 19.4 Å². The van der Waals surface area contributed by atoms with Crippen LogP contribution in [0.25, 0.3) is 5.69 Å². The topological polar surface area (TPSA) is 93.5 Å². The van der Waals surface area contributed by atoms with E-state index in [-0.39, 0.29) is 23.3 Å². The number of carbonyl (C=O) groups is 1. The Morgan fingerprint density at radius 2 is 1.89 bits per heavy atom. The zero-order valence-electron chi connectivity index (χ0n) is 20.2. The number of para-hydroxylation sites is 1. The Bertz CT molecular complexity index is 1240. The first kappa shape index (κ1) is 24.9. The van der Waals surface area contributed by atoms with Gasteiger partial charge in [-0.15, -0.1) is 0 Å². The second-order valence-electron chi connectivity index (χ2n) is 8.79. The van der Waals surface area contributed by atoms with E-state index in [4.69, 9.17) is 4.74 Å². The number of methoxy groups -OCH3 is 1. The Morgan fingerprint density at radius 1 is 1.14 bits per heavy atom. The number of rotatable bonds is 9. The normalized spacial score (nSPS) is 16.7. The van der Waals surface area contributed by atoms with Crippen molar-refractivity contribution in [3.63, 3.8) is 0 Å². The third-order valence-electron chi connectivity index (χ3n) is 6.40. The fourth-order valence-corrected chi connectivity index (χ4v) is 5.88. The molecule has 35 heavy (non-hydrogen) atoms. The number of aromatic nitrogens is 2. The molecule has 1 aliphatic rings. The van der Waals surface area contributed by atoms with Gasteiger partial charge < -0.3 is 10.1 Å². The zero-order chi connectivity index (χ0) is 24.8. The molecule has 8 nitrogen and oxygen atoms in total. The molecule has 0 spiro atoms. The Labute approximate surface area is 207 Å². The molecular formula is C26H32N4O4S. The van der Waals surface area contributed by atoms with Gasteiger partial charge in [0.1, 0.15) is 5.75 Å². The molecule has 186 valence electrons. The Hall–Kier alpha value is -3.17. The van der Waals surface area contributed by atoms with Crippen LogP contribution in [0.4, 0.5) is 0 Å². The van der Waals surface area contributed by atoms with Gasteiger partial charge in [0.05, 0.1) is 29.3 Å². The van der Waals surface area contributed by atoms with Gasteiger partial charge >= 0.3 is 0 Å². The first-order chi connectivity index (χ1) is 16.9. The van der Waals surface area contributed by atoms with E-state index in [9.17, 15) is 13.2 Å². The first-order valence-corrected chi connectivity index (χ1v) is 13.3. The summed E-state index contributed by atoms with van der Waals surface area (Å²) in [6.07, 6.45) is 4.97. The summed E-state index contributed by atoms with van der Waals surface area (Å²) >= 11 is 0. The summed E-state index contributed by atoms with van der Waals surface area (Å²) < 4.78 is 34.5. The van der Waals surface area contributed by atoms with Crippen LogP contribution in [0.1, 0.15) is 30.5 Å². The number of carbonyl (C=O) groups excluding carboxylic acids is 1. The van der Waals surface area contributed by atoms with Crippen molar-refractivity contribution in [2.75, 3.05) is 26.7 Å². The highest BCUT2D eigenvalue weighted by atomic mass is 32.2. The summed E-state index contributed by atoms with van der Waals surface area (Å²) in [5, 5.41) is 7.60. The van der Waals surface area contributed by atoms with E-state index in [1.165, 1.54) is 11.4 Å². The lowest BCUT2D eigenvalue weighted by Gasteiger charge is -2.31. The number of piperidine rings is 1. The third kappa shape index (κ3) is 5.91. The maximum Gasteiger partial charge on any atom is 0.243 e. The predicted octanol–water partition coefficient (Wildman–Crippen LogP) is 3.34. The van der Waals surface area contributed by atoms with Crippen molar-refractivity contribution in [3.05, 3.63) is 72.1 Å². The zero-order valence-corrected chi connectivity index (χ0v) is 21.0. The second-order valence-corrected chi connectivity index (χ2v) is 10.7. The highest BCUT2D eigenvalue weighted by Crippen LogP contribution is 2.25. The summed E-state index contributed by atoms with van der Waals surface area (Å²) in [7, 11) is -2.11. The summed E-state index contributed by atoms with van der Waals surface area (Å²) in [4.78, 5) is 13.0. The van der Waals surface area contributed by atoms with Crippen LogP contribution in [0.3, 0.4) is 0 Å². The fraction of sp³-hybridized carbons (Fsp3) is 0.385. The maximum absolute atomic E-state index is 13.1. The van der Waals surface area contributed by atoms with E-state index in [1.54, 1.807) is 24.3 Å². The Morgan fingerprint density at radius 3 is 2.60 bits per heavy atom.